The molecule has 1 aliphatic rings. The molecule has 0 saturated carbocycles. The van der Waals surface area contributed by atoms with E-state index in [0.29, 0.717) is 23.6 Å². The maximum absolute atomic E-state index is 12.4. The number of sulfone groups is 1. The summed E-state index contributed by atoms with van der Waals surface area (Å²) in [4.78, 5) is 35.7. The summed E-state index contributed by atoms with van der Waals surface area (Å²) >= 11 is 0. The van der Waals surface area contributed by atoms with E-state index in [1.54, 1.807) is 35.2 Å². The number of urea groups is 1. The first-order valence-electron chi connectivity index (χ1n) is 10.7. The molecule has 33 heavy (non-hydrogen) atoms. The monoisotopic (exact) mass is 483 g/mol. The summed E-state index contributed by atoms with van der Waals surface area (Å²) in [5.74, 6) is -2.59. The Morgan fingerprint density at radius 3 is 2.09 bits per heavy atom. The van der Waals surface area contributed by atoms with Crippen molar-refractivity contribution in [1.82, 2.24) is 15.1 Å². The molecule has 1 aromatic carbocycles. The molecule has 0 aliphatic carbocycles. The summed E-state index contributed by atoms with van der Waals surface area (Å²) in [6, 6.07) is 8.12. The van der Waals surface area contributed by atoms with Gasteiger partial charge in [0.15, 0.2) is 9.84 Å². The zero-order valence-corrected chi connectivity index (χ0v) is 19.8. The van der Waals surface area contributed by atoms with Gasteiger partial charge in [0.2, 0.25) is 0 Å². The fourth-order valence-electron chi connectivity index (χ4n) is 3.13. The molecule has 0 spiro atoms. The molecule has 1 saturated heterocycles. The molecule has 184 valence electrons. The van der Waals surface area contributed by atoms with Crippen LogP contribution in [-0.4, -0.2) is 90.9 Å². The molecule has 3 N–H and O–H groups in total. The van der Waals surface area contributed by atoms with E-state index in [2.05, 4.69) is 10.2 Å². The zero-order valence-electron chi connectivity index (χ0n) is 19.0. The van der Waals surface area contributed by atoms with Crippen LogP contribution in [0.25, 0.3) is 0 Å². The van der Waals surface area contributed by atoms with Gasteiger partial charge in [-0.2, -0.15) is 0 Å². The Balaban J connectivity index is 0.000000582. The van der Waals surface area contributed by atoms with Gasteiger partial charge in [0.05, 0.1) is 10.6 Å². The second kappa shape index (κ2) is 14.3. The van der Waals surface area contributed by atoms with Gasteiger partial charge in [-0.15, -0.1) is 0 Å². The highest BCUT2D eigenvalue weighted by Gasteiger charge is 2.21. The van der Waals surface area contributed by atoms with Crippen molar-refractivity contribution < 1.29 is 33.0 Å². The van der Waals surface area contributed by atoms with Crippen molar-refractivity contribution in [3.8, 4) is 0 Å². The van der Waals surface area contributed by atoms with Gasteiger partial charge >= 0.3 is 18.0 Å². The van der Waals surface area contributed by atoms with Gasteiger partial charge < -0.3 is 25.3 Å². The molecule has 2 amide bonds. The number of carboxylic acid groups (broad SMARTS) is 2. The second-order valence-electron chi connectivity index (χ2n) is 7.71. The van der Waals surface area contributed by atoms with Crippen LogP contribution >= 0.6 is 0 Å². The zero-order chi connectivity index (χ0) is 24.9. The third kappa shape index (κ3) is 11.5. The minimum Gasteiger partial charge on any atom is -0.478 e. The lowest BCUT2D eigenvalue weighted by Gasteiger charge is -2.27. The van der Waals surface area contributed by atoms with E-state index in [1.165, 1.54) is 12.8 Å². The standard InChI is InChI=1S/C18H29N3O3S.C4H4O4/c1-16(2)21(18(22)19-10-13-20-11-6-7-12-20)14-15-25(23,24)17-8-4-3-5-9-17;5-3(6)1-2-4(7)8/h3-5,8-9,16H,6-7,10-15H2,1-2H3,(H,19,22);1-2H,(H,5,6)(H,7,8)/b;2-1-. The SMILES string of the molecule is CC(C)N(CCS(=O)(=O)c1ccccc1)C(=O)NCCN1CCCC1.O=C(O)/C=C\C(=O)O. The minimum absolute atomic E-state index is 0.0576. The van der Waals surface area contributed by atoms with Crippen LogP contribution < -0.4 is 5.32 Å². The van der Waals surface area contributed by atoms with Crippen molar-refractivity contribution in [2.75, 3.05) is 38.5 Å². The first-order chi connectivity index (χ1) is 15.5. The molecule has 0 radical (unpaired) electrons. The number of aliphatic carboxylic acids is 2. The average molecular weight is 484 g/mol. The van der Waals surface area contributed by atoms with Gasteiger partial charge in [0, 0.05) is 37.8 Å². The third-order valence-corrected chi connectivity index (χ3v) is 6.57. The van der Waals surface area contributed by atoms with Crippen molar-refractivity contribution >= 4 is 27.8 Å². The Bertz CT molecular complexity index is 880. The molecule has 11 heteroatoms. The van der Waals surface area contributed by atoms with Crippen molar-refractivity contribution in [1.29, 1.82) is 0 Å². The normalized spacial score (nSPS) is 14.0. The predicted octanol–water partition coefficient (Wildman–Crippen LogP) is 1.69. The lowest BCUT2D eigenvalue weighted by atomic mass is 10.3. The Morgan fingerprint density at radius 1 is 1.06 bits per heavy atom. The Labute approximate surface area is 194 Å². The van der Waals surface area contributed by atoms with Gasteiger partial charge in [-0.05, 0) is 51.9 Å². The fourth-order valence-corrected chi connectivity index (χ4v) is 4.37. The molecule has 10 nitrogen and oxygen atoms in total. The number of carboxylic acids is 2. The largest absolute Gasteiger partial charge is 0.478 e. The highest BCUT2D eigenvalue weighted by molar-refractivity contribution is 7.91. The molecule has 0 bridgehead atoms. The van der Waals surface area contributed by atoms with Crippen molar-refractivity contribution in [2.24, 2.45) is 0 Å². The van der Waals surface area contributed by atoms with Crippen LogP contribution in [0.3, 0.4) is 0 Å². The van der Waals surface area contributed by atoms with E-state index < -0.39 is 21.8 Å². The molecule has 1 aromatic rings. The summed E-state index contributed by atoms with van der Waals surface area (Å²) in [5.41, 5.74) is 0. The van der Waals surface area contributed by atoms with E-state index in [0.717, 1.165) is 19.6 Å². The van der Waals surface area contributed by atoms with Gasteiger partial charge in [0.1, 0.15) is 0 Å². The van der Waals surface area contributed by atoms with E-state index in [1.807, 2.05) is 13.8 Å². The van der Waals surface area contributed by atoms with Gasteiger partial charge in [-0.3, -0.25) is 0 Å². The highest BCUT2D eigenvalue weighted by Crippen LogP contribution is 2.11. The number of nitrogens with one attached hydrogen (secondary N) is 1. The first kappa shape index (κ1) is 28.1. The number of rotatable bonds is 10. The van der Waals surface area contributed by atoms with Crippen LogP contribution in [0.1, 0.15) is 26.7 Å². The summed E-state index contributed by atoms with van der Waals surface area (Å²) in [6.07, 6.45) is 3.57. The van der Waals surface area contributed by atoms with E-state index in [4.69, 9.17) is 10.2 Å². The first-order valence-corrected chi connectivity index (χ1v) is 12.4. The van der Waals surface area contributed by atoms with Gasteiger partial charge in [-0.1, -0.05) is 18.2 Å². The van der Waals surface area contributed by atoms with Crippen molar-refractivity contribution in [3.05, 3.63) is 42.5 Å². The van der Waals surface area contributed by atoms with Crippen LogP contribution in [0, 0.1) is 0 Å². The van der Waals surface area contributed by atoms with E-state index >= 15 is 0 Å². The number of hydrogen-bond donors (Lipinski definition) is 3. The topological polar surface area (TPSA) is 144 Å². The number of carbonyl (C=O) groups excluding carboxylic acids is 1. The third-order valence-electron chi connectivity index (χ3n) is 4.86. The number of carbonyl (C=O) groups is 3. The van der Waals surface area contributed by atoms with Crippen LogP contribution in [0.4, 0.5) is 4.79 Å². The molecule has 0 atom stereocenters. The highest BCUT2D eigenvalue weighted by atomic mass is 32.2. The Kier molecular flexibility index (Phi) is 12.2. The summed E-state index contributed by atoms with van der Waals surface area (Å²) < 4.78 is 24.8. The smallest absolute Gasteiger partial charge is 0.328 e. The maximum Gasteiger partial charge on any atom is 0.328 e. The summed E-state index contributed by atoms with van der Waals surface area (Å²) in [7, 11) is -3.39. The molecule has 1 fully saturated rings. The van der Waals surface area contributed by atoms with E-state index in [-0.39, 0.29) is 24.4 Å². The number of hydrogen-bond acceptors (Lipinski definition) is 6. The number of likely N-dealkylation sites (tertiary alicyclic amines) is 1. The molecule has 2 rings (SSSR count). The molecule has 1 heterocycles. The Morgan fingerprint density at radius 2 is 1.61 bits per heavy atom. The quantitative estimate of drug-likeness (QED) is 0.427. The average Bonchev–Trinajstić information content (AvgIpc) is 3.27. The fraction of sp³-hybridized carbons (Fsp3) is 0.500. The van der Waals surface area contributed by atoms with Crippen LogP contribution in [0.15, 0.2) is 47.4 Å². The van der Waals surface area contributed by atoms with Gasteiger partial charge in [-0.25, -0.2) is 22.8 Å². The lowest BCUT2D eigenvalue weighted by Crippen LogP contribution is -2.47. The maximum atomic E-state index is 12.4. The Hall–Kier alpha value is -2.92. The van der Waals surface area contributed by atoms with Crippen LogP contribution in [0.2, 0.25) is 0 Å². The van der Waals surface area contributed by atoms with Crippen LogP contribution in [-0.2, 0) is 19.4 Å². The number of benzene rings is 1. The minimum atomic E-state index is -3.39. The van der Waals surface area contributed by atoms with Gasteiger partial charge in [0.25, 0.3) is 0 Å². The second-order valence-corrected chi connectivity index (χ2v) is 9.82. The number of amides is 2. The molecular weight excluding hydrogens is 450 g/mol. The lowest BCUT2D eigenvalue weighted by molar-refractivity contribution is -0.134. The molecular formula is C22H33N3O7S. The van der Waals surface area contributed by atoms with Crippen LogP contribution in [0.5, 0.6) is 0 Å². The molecule has 1 aliphatic heterocycles. The molecule has 0 aromatic heterocycles. The van der Waals surface area contributed by atoms with Crippen molar-refractivity contribution in [2.45, 2.75) is 37.6 Å². The van der Waals surface area contributed by atoms with Crippen molar-refractivity contribution in [3.63, 3.8) is 0 Å². The molecule has 0 unspecified atom stereocenters. The number of nitrogens with zero attached hydrogens (tertiary/aromatic N) is 2. The van der Waals surface area contributed by atoms with E-state index in [9.17, 15) is 22.8 Å². The predicted molar refractivity (Wildman–Crippen MR) is 124 cm³/mol. The summed E-state index contributed by atoms with van der Waals surface area (Å²) in [6.45, 7) is 7.61. The summed E-state index contributed by atoms with van der Waals surface area (Å²) in [5, 5.41) is 18.5.